The zero-order chi connectivity index (χ0) is 12.5. The Hall–Kier alpha value is -1.94. The Kier molecular flexibility index (Phi) is 2.72. The predicted octanol–water partition coefficient (Wildman–Crippen LogP) is 1.92. The highest BCUT2D eigenvalue weighted by atomic mass is 16.5. The highest BCUT2D eigenvalue weighted by Crippen LogP contribution is 2.29. The van der Waals surface area contributed by atoms with Crippen molar-refractivity contribution in [2.45, 2.75) is 12.5 Å². The van der Waals surface area contributed by atoms with Crippen molar-refractivity contribution in [2.24, 2.45) is 7.05 Å². The lowest BCUT2D eigenvalue weighted by Crippen LogP contribution is -2.25. The molecule has 4 nitrogen and oxygen atoms in total. The van der Waals surface area contributed by atoms with Gasteiger partial charge < -0.3 is 9.30 Å². The van der Waals surface area contributed by atoms with Crippen LogP contribution in [0.3, 0.4) is 0 Å². The molecule has 4 heteroatoms. The number of carbonyl (C=O) groups is 1. The molecule has 0 amide bonds. The average Bonchev–Trinajstić information content (AvgIpc) is 2.83. The summed E-state index contributed by atoms with van der Waals surface area (Å²) < 4.78 is 7.37. The molecule has 2 heterocycles. The number of benzene rings is 1. The van der Waals surface area contributed by atoms with Gasteiger partial charge in [0.1, 0.15) is 6.10 Å². The predicted molar refractivity (Wildman–Crippen MR) is 66.4 cm³/mol. The van der Waals surface area contributed by atoms with Crippen LogP contribution in [-0.2, 0) is 18.2 Å². The molecule has 0 fully saturated rings. The Morgan fingerprint density at radius 2 is 2.28 bits per heavy atom. The molecular formula is C14H14N2O2. The van der Waals surface area contributed by atoms with E-state index in [1.807, 2.05) is 25.2 Å². The summed E-state index contributed by atoms with van der Waals surface area (Å²) in [5.74, 6) is 0.367. The molecule has 1 aliphatic heterocycles. The van der Waals surface area contributed by atoms with Gasteiger partial charge in [0.15, 0.2) is 5.82 Å². The first-order valence-corrected chi connectivity index (χ1v) is 5.98. The number of rotatable bonds is 2. The third-order valence-electron chi connectivity index (χ3n) is 3.27. The zero-order valence-electron chi connectivity index (χ0n) is 10.2. The van der Waals surface area contributed by atoms with Crippen molar-refractivity contribution in [3.05, 3.63) is 53.6 Å². The fourth-order valence-electron chi connectivity index (χ4n) is 2.33. The molecule has 0 aliphatic carbocycles. The lowest BCUT2D eigenvalue weighted by atomic mass is 9.95. The molecule has 1 aromatic carbocycles. The Labute approximate surface area is 105 Å². The molecular weight excluding hydrogens is 228 g/mol. The van der Waals surface area contributed by atoms with Gasteiger partial charge in [0, 0.05) is 19.4 Å². The Bertz CT molecular complexity index is 589. The van der Waals surface area contributed by atoms with E-state index < -0.39 is 6.10 Å². The van der Waals surface area contributed by atoms with Gasteiger partial charge in [-0.05, 0) is 17.5 Å². The maximum Gasteiger partial charge on any atom is 0.231 e. The summed E-state index contributed by atoms with van der Waals surface area (Å²) in [6.45, 7) is 0.581. The molecule has 3 rings (SSSR count). The van der Waals surface area contributed by atoms with E-state index in [0.29, 0.717) is 12.4 Å². The number of carbonyl (C=O) groups excluding carboxylic acids is 1. The van der Waals surface area contributed by atoms with E-state index >= 15 is 0 Å². The largest absolute Gasteiger partial charge is 0.365 e. The van der Waals surface area contributed by atoms with Gasteiger partial charge in [-0.2, -0.15) is 0 Å². The van der Waals surface area contributed by atoms with E-state index in [1.165, 1.54) is 5.56 Å². The van der Waals surface area contributed by atoms with Crippen LogP contribution >= 0.6 is 0 Å². The van der Waals surface area contributed by atoms with E-state index in [2.05, 4.69) is 11.1 Å². The molecule has 0 bridgehead atoms. The summed E-state index contributed by atoms with van der Waals surface area (Å²) in [5.41, 5.74) is 2.16. The second kappa shape index (κ2) is 4.38. The Balaban J connectivity index is 2.00. The fraction of sp³-hybridized carbons (Fsp3) is 0.286. The van der Waals surface area contributed by atoms with E-state index in [4.69, 9.17) is 4.74 Å². The molecule has 1 atom stereocenters. The lowest BCUT2D eigenvalue weighted by Gasteiger charge is -2.24. The lowest BCUT2D eigenvalue weighted by molar-refractivity contribution is 0.0337. The molecule has 1 aliphatic rings. The zero-order valence-corrected chi connectivity index (χ0v) is 10.2. The van der Waals surface area contributed by atoms with Crippen molar-refractivity contribution < 1.29 is 9.53 Å². The summed E-state index contributed by atoms with van der Waals surface area (Å²) in [4.78, 5) is 16.5. The third-order valence-corrected chi connectivity index (χ3v) is 3.27. The number of nitrogens with zero attached hydrogens (tertiary/aromatic N) is 2. The van der Waals surface area contributed by atoms with Crippen LogP contribution in [0.5, 0.6) is 0 Å². The first-order valence-electron chi connectivity index (χ1n) is 5.98. The van der Waals surface area contributed by atoms with Crippen LogP contribution in [0.1, 0.15) is 27.8 Å². The van der Waals surface area contributed by atoms with Gasteiger partial charge in [-0.25, -0.2) is 4.98 Å². The van der Waals surface area contributed by atoms with E-state index in [-0.39, 0.29) is 5.78 Å². The maximum absolute atomic E-state index is 12.4. The quantitative estimate of drug-likeness (QED) is 0.756. The molecule has 2 aromatic rings. The molecule has 0 N–H and O–H groups in total. The van der Waals surface area contributed by atoms with Crippen LogP contribution in [0, 0.1) is 0 Å². The van der Waals surface area contributed by atoms with Crippen LogP contribution in [-0.4, -0.2) is 21.9 Å². The van der Waals surface area contributed by atoms with Gasteiger partial charge in [-0.15, -0.1) is 0 Å². The second-order valence-corrected chi connectivity index (χ2v) is 4.43. The third kappa shape index (κ3) is 1.75. The first-order chi connectivity index (χ1) is 8.77. The van der Waals surface area contributed by atoms with E-state index in [1.54, 1.807) is 17.0 Å². The van der Waals surface area contributed by atoms with Crippen molar-refractivity contribution >= 4 is 5.78 Å². The minimum Gasteiger partial charge on any atom is -0.365 e. The first kappa shape index (κ1) is 11.2. The molecule has 0 spiro atoms. The minimum absolute atomic E-state index is 0.0744. The fourth-order valence-corrected chi connectivity index (χ4v) is 2.33. The van der Waals surface area contributed by atoms with E-state index in [0.717, 1.165) is 12.0 Å². The van der Waals surface area contributed by atoms with Gasteiger partial charge in [0.05, 0.1) is 6.61 Å². The highest BCUT2D eigenvalue weighted by molar-refractivity contribution is 5.97. The topological polar surface area (TPSA) is 44.1 Å². The monoisotopic (exact) mass is 242 g/mol. The highest BCUT2D eigenvalue weighted by Gasteiger charge is 2.29. The van der Waals surface area contributed by atoms with Crippen molar-refractivity contribution in [3.63, 3.8) is 0 Å². The number of ketones is 1. The SMILES string of the molecule is Cn1ccnc1C(=O)C1OCCc2ccccc21. The summed E-state index contributed by atoms with van der Waals surface area (Å²) in [6.07, 6.45) is 3.74. The molecule has 0 radical (unpaired) electrons. The minimum atomic E-state index is -0.518. The normalized spacial score (nSPS) is 18.4. The van der Waals surface area contributed by atoms with Gasteiger partial charge in [-0.1, -0.05) is 24.3 Å². The Morgan fingerprint density at radius 3 is 3.06 bits per heavy atom. The molecule has 18 heavy (non-hydrogen) atoms. The van der Waals surface area contributed by atoms with Crippen LogP contribution in [0.25, 0.3) is 0 Å². The molecule has 0 saturated heterocycles. The number of fused-ring (bicyclic) bond motifs is 1. The van der Waals surface area contributed by atoms with E-state index in [9.17, 15) is 4.79 Å². The summed E-state index contributed by atoms with van der Waals surface area (Å²) in [6, 6.07) is 7.94. The van der Waals surface area contributed by atoms with Gasteiger partial charge in [-0.3, -0.25) is 4.79 Å². The standard InChI is InChI=1S/C14H14N2O2/c1-16-8-7-15-14(16)12(17)13-11-5-3-2-4-10(11)6-9-18-13/h2-5,7-8,13H,6,9H2,1H3. The number of hydrogen-bond acceptors (Lipinski definition) is 3. The van der Waals surface area contributed by atoms with Gasteiger partial charge in [0.2, 0.25) is 5.78 Å². The molecule has 0 saturated carbocycles. The van der Waals surface area contributed by atoms with Crippen molar-refractivity contribution in [3.8, 4) is 0 Å². The van der Waals surface area contributed by atoms with Crippen LogP contribution < -0.4 is 0 Å². The average molecular weight is 242 g/mol. The Morgan fingerprint density at radius 1 is 1.44 bits per heavy atom. The molecule has 1 unspecified atom stereocenters. The number of imidazole rings is 1. The summed E-state index contributed by atoms with van der Waals surface area (Å²) in [5, 5.41) is 0. The van der Waals surface area contributed by atoms with Crippen molar-refractivity contribution in [1.29, 1.82) is 0 Å². The van der Waals surface area contributed by atoms with Crippen molar-refractivity contribution in [2.75, 3.05) is 6.61 Å². The van der Waals surface area contributed by atoms with Gasteiger partial charge >= 0.3 is 0 Å². The number of aryl methyl sites for hydroxylation is 1. The number of aromatic nitrogens is 2. The van der Waals surface area contributed by atoms with Crippen molar-refractivity contribution in [1.82, 2.24) is 9.55 Å². The molecule has 1 aromatic heterocycles. The van der Waals surface area contributed by atoms with Crippen LogP contribution in [0.2, 0.25) is 0 Å². The number of Topliss-reactive ketones (excluding diaryl/α,β-unsaturated/α-hetero) is 1. The van der Waals surface area contributed by atoms with Crippen LogP contribution in [0.4, 0.5) is 0 Å². The number of hydrogen-bond donors (Lipinski definition) is 0. The van der Waals surface area contributed by atoms with Crippen LogP contribution in [0.15, 0.2) is 36.7 Å². The maximum atomic E-state index is 12.4. The molecule has 92 valence electrons. The summed E-state index contributed by atoms with van der Waals surface area (Å²) >= 11 is 0. The smallest absolute Gasteiger partial charge is 0.231 e. The van der Waals surface area contributed by atoms with Gasteiger partial charge in [0.25, 0.3) is 0 Å². The summed E-state index contributed by atoms with van der Waals surface area (Å²) in [7, 11) is 1.81. The number of ether oxygens (including phenoxy) is 1. The second-order valence-electron chi connectivity index (χ2n) is 4.43.